The molecule has 0 bridgehead atoms. The van der Waals surface area contributed by atoms with Gasteiger partial charge in [-0.2, -0.15) is 0 Å². The summed E-state index contributed by atoms with van der Waals surface area (Å²) in [7, 11) is 0. The molecule has 0 N–H and O–H groups in total. The fraction of sp³-hybridized carbons (Fsp3) is 0.333. The predicted octanol–water partition coefficient (Wildman–Crippen LogP) is 3.55. The second-order valence-electron chi connectivity index (χ2n) is 1.24. The average molecular weight is 336 g/mol. The molecule has 0 spiro atoms. The molecule has 62 valence electrons. The van der Waals surface area contributed by atoms with E-state index in [2.05, 4.69) is 13.2 Å². The Morgan fingerprint density at radius 3 is 1.40 bits per heavy atom. The molecule has 0 aliphatic carbocycles. The Labute approximate surface area is 102 Å². The van der Waals surface area contributed by atoms with Crippen molar-refractivity contribution in [1.29, 1.82) is 0 Å². The smallest absolute Gasteiger partial charge is 0.147 e. The SMILES string of the molecule is C=C[CH2][Nd][CH2]C=C.Cl.Cl.Cl. The summed E-state index contributed by atoms with van der Waals surface area (Å²) in [5, 5.41) is 0. The van der Waals surface area contributed by atoms with E-state index < -0.39 is 0 Å². The molecule has 4 heteroatoms. The molecule has 0 aliphatic rings. The van der Waals surface area contributed by atoms with Crippen LogP contribution in [0.5, 0.6) is 0 Å². The Hall–Kier alpha value is 1.70. The van der Waals surface area contributed by atoms with Gasteiger partial charge in [0.15, 0.2) is 0 Å². The standard InChI is InChI=1S/2C3H5.3ClH.Nd/c2*1-3-2;;;;/h2*3H,1-2H2;3*1H;. The molecule has 0 aliphatic heterocycles. The molecular formula is C6H13Cl3Nd. The van der Waals surface area contributed by atoms with Gasteiger partial charge in [0, 0.05) is 0 Å². The molecule has 0 atom stereocenters. The number of hydrogen-bond acceptors (Lipinski definition) is 0. The van der Waals surface area contributed by atoms with Crippen LogP contribution >= 0.6 is 37.2 Å². The number of halogens is 3. The van der Waals surface area contributed by atoms with Gasteiger partial charge in [0.25, 0.3) is 0 Å². The van der Waals surface area contributed by atoms with Crippen LogP contribution in [0.15, 0.2) is 25.3 Å². The minimum absolute atomic E-state index is 0. The monoisotopic (exact) mass is 332 g/mol. The largest absolute Gasteiger partial charge is 0.147 e. The van der Waals surface area contributed by atoms with Gasteiger partial charge in [-0.05, 0) is 0 Å². The van der Waals surface area contributed by atoms with Gasteiger partial charge in [0.1, 0.15) is 0 Å². The van der Waals surface area contributed by atoms with E-state index in [1.54, 1.807) is 0 Å². The van der Waals surface area contributed by atoms with Crippen LogP contribution in [0.25, 0.3) is 0 Å². The van der Waals surface area contributed by atoms with Crippen LogP contribution in [-0.4, -0.2) is 0 Å². The molecule has 0 nitrogen and oxygen atoms in total. The molecular weight excluding hydrogens is 323 g/mol. The van der Waals surface area contributed by atoms with E-state index in [-0.39, 0.29) is 73.9 Å². The van der Waals surface area contributed by atoms with E-state index in [0.717, 1.165) is 0 Å². The Morgan fingerprint density at radius 2 is 1.20 bits per heavy atom. The van der Waals surface area contributed by atoms with E-state index in [4.69, 9.17) is 0 Å². The van der Waals surface area contributed by atoms with Crippen LogP contribution in [0.2, 0.25) is 4.14 Å². The second-order valence-corrected chi connectivity index (χ2v) is 5.46. The molecule has 0 unspecified atom stereocenters. The Morgan fingerprint density at radius 1 is 0.900 bits per heavy atom. The van der Waals surface area contributed by atoms with Gasteiger partial charge in [-0.3, -0.25) is 0 Å². The summed E-state index contributed by atoms with van der Waals surface area (Å²) in [6.45, 7) is 7.29. The third kappa shape index (κ3) is 22.6. The summed E-state index contributed by atoms with van der Waals surface area (Å²) in [6.07, 6.45) is 4.04. The Bertz CT molecular complexity index is 58.0. The van der Waals surface area contributed by atoms with Crippen molar-refractivity contribution in [3.8, 4) is 0 Å². The normalized spacial score (nSPS) is 5.20. The zero-order chi connectivity index (χ0) is 5.54. The first-order chi connectivity index (χ1) is 3.41. The average Bonchev–Trinajstić information content (AvgIpc) is 1.69. The maximum absolute atomic E-state index is 3.65. The summed E-state index contributed by atoms with van der Waals surface area (Å²) in [6, 6.07) is 0. The van der Waals surface area contributed by atoms with E-state index in [9.17, 15) is 0 Å². The number of allylic oxidation sites excluding steroid dienone is 2. The van der Waals surface area contributed by atoms with Gasteiger partial charge in [0.05, 0.1) is 0 Å². The maximum Gasteiger partial charge on any atom is -0.147 e. The minimum atomic E-state index is -0.235. The number of rotatable bonds is 4. The van der Waals surface area contributed by atoms with Crippen LogP contribution in [0.4, 0.5) is 0 Å². The summed E-state index contributed by atoms with van der Waals surface area (Å²) >= 11 is -0.235. The van der Waals surface area contributed by atoms with Crippen molar-refractivity contribution in [3.05, 3.63) is 25.3 Å². The number of hydrogen-bond donors (Lipinski definition) is 0. The van der Waals surface area contributed by atoms with Crippen LogP contribution < -0.4 is 0 Å². The summed E-state index contributed by atoms with van der Waals surface area (Å²) in [5.41, 5.74) is 0. The second kappa shape index (κ2) is 22.4. The quantitative estimate of drug-likeness (QED) is 0.544. The molecule has 0 aromatic carbocycles. The molecule has 0 aromatic rings. The summed E-state index contributed by atoms with van der Waals surface area (Å²) in [5.74, 6) is 0. The van der Waals surface area contributed by atoms with Crippen molar-refractivity contribution >= 4 is 37.2 Å². The van der Waals surface area contributed by atoms with Crippen molar-refractivity contribution in [2.24, 2.45) is 0 Å². The molecule has 0 aromatic heterocycles. The molecule has 0 amide bonds. The van der Waals surface area contributed by atoms with Gasteiger partial charge in [-0.25, -0.2) is 0 Å². The zero-order valence-corrected chi connectivity index (χ0v) is 11.4. The van der Waals surface area contributed by atoms with E-state index in [1.807, 2.05) is 12.2 Å². The van der Waals surface area contributed by atoms with E-state index in [0.29, 0.717) is 0 Å². The van der Waals surface area contributed by atoms with E-state index in [1.165, 1.54) is 4.14 Å². The molecule has 0 saturated heterocycles. The van der Waals surface area contributed by atoms with Crippen molar-refractivity contribution in [2.75, 3.05) is 0 Å². The first kappa shape index (κ1) is 22.6. The fourth-order valence-corrected chi connectivity index (χ4v) is 2.13. The summed E-state index contributed by atoms with van der Waals surface area (Å²) in [4.78, 5) is 0. The van der Waals surface area contributed by atoms with Crippen molar-refractivity contribution < 1.29 is 36.7 Å². The van der Waals surface area contributed by atoms with Crippen LogP contribution in [0.3, 0.4) is 0 Å². The predicted molar refractivity (Wildman–Crippen MR) is 51.8 cm³/mol. The third-order valence-corrected chi connectivity index (χ3v) is 4.28. The molecule has 0 radical (unpaired) electrons. The molecule has 0 heterocycles. The van der Waals surface area contributed by atoms with Crippen LogP contribution in [0, 0.1) is 36.7 Å². The molecule has 10 heavy (non-hydrogen) atoms. The van der Waals surface area contributed by atoms with Gasteiger partial charge in [-0.15, -0.1) is 37.2 Å². The van der Waals surface area contributed by atoms with E-state index >= 15 is 0 Å². The molecule has 0 saturated carbocycles. The van der Waals surface area contributed by atoms with Crippen LogP contribution in [0.1, 0.15) is 0 Å². The first-order valence-electron chi connectivity index (χ1n) is 2.34. The van der Waals surface area contributed by atoms with Crippen molar-refractivity contribution in [3.63, 3.8) is 0 Å². The van der Waals surface area contributed by atoms with Gasteiger partial charge < -0.3 is 0 Å². The van der Waals surface area contributed by atoms with Crippen molar-refractivity contribution in [1.82, 2.24) is 0 Å². The van der Waals surface area contributed by atoms with Gasteiger partial charge >= 0.3 is 66.2 Å². The van der Waals surface area contributed by atoms with Crippen molar-refractivity contribution in [2.45, 2.75) is 4.14 Å². The minimum Gasteiger partial charge on any atom is -0.147 e. The topological polar surface area (TPSA) is 0 Å². The zero-order valence-electron chi connectivity index (χ0n) is 5.71. The van der Waals surface area contributed by atoms with Gasteiger partial charge in [0.2, 0.25) is 0 Å². The van der Waals surface area contributed by atoms with Crippen LogP contribution in [-0.2, 0) is 0 Å². The Balaban J connectivity index is -0.0000000600. The first-order valence-corrected chi connectivity index (χ1v) is 6.88. The maximum atomic E-state index is 3.65. The molecule has 0 rings (SSSR count). The molecule has 0 fully saturated rings. The fourth-order valence-electron chi connectivity index (χ4n) is 0.287. The third-order valence-electron chi connectivity index (χ3n) is 0.577. The van der Waals surface area contributed by atoms with Gasteiger partial charge in [-0.1, -0.05) is 0 Å². The Kier molecular flexibility index (Phi) is 50.7. The summed E-state index contributed by atoms with van der Waals surface area (Å²) < 4.78 is 2.62.